The topological polar surface area (TPSA) is 20.2 Å². The quantitative estimate of drug-likeness (QED) is 0.885. The second-order valence-electron chi connectivity index (χ2n) is 4.08. The molecule has 84 valence electrons. The number of halogens is 1. The van der Waals surface area contributed by atoms with Crippen molar-refractivity contribution in [3.8, 4) is 0 Å². The van der Waals surface area contributed by atoms with Crippen LogP contribution >= 0.6 is 27.3 Å². The molecule has 0 aliphatic carbocycles. The second-order valence-corrected chi connectivity index (χ2v) is 5.67. The molecule has 0 saturated carbocycles. The van der Waals surface area contributed by atoms with Crippen molar-refractivity contribution in [1.29, 1.82) is 0 Å². The van der Waals surface area contributed by atoms with Crippen LogP contribution in [0.4, 0.5) is 0 Å². The average molecular weight is 297 g/mol. The Morgan fingerprint density at radius 3 is 2.62 bits per heavy atom. The minimum Gasteiger partial charge on any atom is -0.381 e. The molecule has 0 spiro atoms. The molecule has 1 N–H and O–H groups in total. The van der Waals surface area contributed by atoms with Crippen LogP contribution in [0.5, 0.6) is 0 Å². The van der Waals surface area contributed by atoms with Gasteiger partial charge in [-0.3, -0.25) is 0 Å². The van der Waals surface area contributed by atoms with Crippen LogP contribution in [0.2, 0.25) is 0 Å². The lowest BCUT2D eigenvalue weighted by atomic mass is 9.89. The summed E-state index contributed by atoms with van der Waals surface area (Å²) in [5, 5.41) is 14.6. The van der Waals surface area contributed by atoms with Gasteiger partial charge in [0, 0.05) is 15.4 Å². The Hall–Kier alpha value is -0.640. The monoisotopic (exact) mass is 296 g/mol. The standard InChI is InChI=1S/C13H13BrOS/c1-9-4-3-5-10(6-9)13(2,15)11-7-16-8-12(11)14/h3-8,15H,1-2H3. The van der Waals surface area contributed by atoms with Crippen molar-refractivity contribution in [2.24, 2.45) is 0 Å². The number of rotatable bonds is 2. The first-order valence-electron chi connectivity index (χ1n) is 5.03. The van der Waals surface area contributed by atoms with Crippen LogP contribution in [-0.2, 0) is 5.60 Å². The van der Waals surface area contributed by atoms with Crippen molar-refractivity contribution in [3.63, 3.8) is 0 Å². The third-order valence-corrected chi connectivity index (χ3v) is 4.42. The largest absolute Gasteiger partial charge is 0.381 e. The van der Waals surface area contributed by atoms with Crippen molar-refractivity contribution < 1.29 is 5.11 Å². The van der Waals surface area contributed by atoms with Gasteiger partial charge in [-0.2, -0.15) is 11.3 Å². The summed E-state index contributed by atoms with van der Waals surface area (Å²) in [6, 6.07) is 7.98. The second kappa shape index (κ2) is 4.32. The van der Waals surface area contributed by atoms with Crippen LogP contribution in [-0.4, -0.2) is 5.11 Å². The number of hydrogen-bond donors (Lipinski definition) is 1. The van der Waals surface area contributed by atoms with Crippen molar-refractivity contribution in [2.75, 3.05) is 0 Å². The molecule has 16 heavy (non-hydrogen) atoms. The van der Waals surface area contributed by atoms with Gasteiger partial charge in [0.1, 0.15) is 5.60 Å². The molecule has 1 unspecified atom stereocenters. The number of benzene rings is 1. The predicted molar refractivity (Wildman–Crippen MR) is 71.9 cm³/mol. The summed E-state index contributed by atoms with van der Waals surface area (Å²) in [5.41, 5.74) is 2.06. The molecule has 0 amide bonds. The first-order chi connectivity index (χ1) is 7.51. The van der Waals surface area contributed by atoms with E-state index in [1.807, 2.05) is 48.9 Å². The number of hydrogen-bond acceptors (Lipinski definition) is 2. The van der Waals surface area contributed by atoms with E-state index in [2.05, 4.69) is 15.9 Å². The Bertz CT molecular complexity index is 502. The maximum atomic E-state index is 10.6. The van der Waals surface area contributed by atoms with Crippen LogP contribution in [0.3, 0.4) is 0 Å². The van der Waals surface area contributed by atoms with Gasteiger partial charge in [0.2, 0.25) is 0 Å². The average Bonchev–Trinajstić information content (AvgIpc) is 2.65. The first kappa shape index (κ1) is 11.8. The molecule has 1 heterocycles. The minimum absolute atomic E-state index is 0.920. The van der Waals surface area contributed by atoms with Crippen LogP contribution < -0.4 is 0 Å². The third kappa shape index (κ3) is 2.08. The Morgan fingerprint density at radius 2 is 2.06 bits per heavy atom. The summed E-state index contributed by atoms with van der Waals surface area (Å²) in [7, 11) is 0. The summed E-state index contributed by atoms with van der Waals surface area (Å²) < 4.78 is 0.962. The molecule has 0 radical (unpaired) electrons. The van der Waals surface area contributed by atoms with Gasteiger partial charge in [-0.15, -0.1) is 0 Å². The van der Waals surface area contributed by atoms with Crippen molar-refractivity contribution >= 4 is 27.3 Å². The highest BCUT2D eigenvalue weighted by Crippen LogP contribution is 2.36. The Balaban J connectivity index is 2.51. The Labute approximate surface area is 108 Å². The SMILES string of the molecule is Cc1cccc(C(C)(O)c2cscc2Br)c1. The molecule has 2 rings (SSSR count). The molecule has 1 nitrogen and oxygen atoms in total. The highest BCUT2D eigenvalue weighted by molar-refractivity contribution is 9.10. The van der Waals surface area contributed by atoms with E-state index in [1.54, 1.807) is 11.3 Å². The molecule has 1 atom stereocenters. The molecule has 0 saturated heterocycles. The van der Waals surface area contributed by atoms with Gasteiger partial charge in [0.25, 0.3) is 0 Å². The molecule has 1 aromatic carbocycles. The first-order valence-corrected chi connectivity index (χ1v) is 6.77. The van der Waals surface area contributed by atoms with E-state index in [4.69, 9.17) is 0 Å². The number of aryl methyl sites for hydroxylation is 1. The maximum Gasteiger partial charge on any atom is 0.114 e. The van der Waals surface area contributed by atoms with Gasteiger partial charge in [0.15, 0.2) is 0 Å². The normalized spacial score (nSPS) is 14.8. The molecule has 2 aromatic rings. The van der Waals surface area contributed by atoms with Crippen LogP contribution in [0.25, 0.3) is 0 Å². The highest BCUT2D eigenvalue weighted by atomic mass is 79.9. The van der Waals surface area contributed by atoms with E-state index in [0.717, 1.165) is 21.2 Å². The lowest BCUT2D eigenvalue weighted by Gasteiger charge is -2.24. The maximum absolute atomic E-state index is 10.6. The fraction of sp³-hybridized carbons (Fsp3) is 0.231. The van der Waals surface area contributed by atoms with Crippen molar-refractivity contribution in [1.82, 2.24) is 0 Å². The zero-order valence-corrected chi connectivity index (χ0v) is 11.6. The number of thiophene rings is 1. The summed E-state index contributed by atoms with van der Waals surface area (Å²) in [6.45, 7) is 3.86. The summed E-state index contributed by atoms with van der Waals surface area (Å²) >= 11 is 5.05. The van der Waals surface area contributed by atoms with Crippen LogP contribution in [0.15, 0.2) is 39.5 Å². The van der Waals surface area contributed by atoms with Gasteiger partial charge >= 0.3 is 0 Å². The van der Waals surface area contributed by atoms with Gasteiger partial charge in [-0.25, -0.2) is 0 Å². The molecular formula is C13H13BrOS. The van der Waals surface area contributed by atoms with Gasteiger partial charge in [0.05, 0.1) is 0 Å². The highest BCUT2D eigenvalue weighted by Gasteiger charge is 2.28. The summed E-state index contributed by atoms with van der Waals surface area (Å²) in [4.78, 5) is 0. The third-order valence-electron chi connectivity index (χ3n) is 2.72. The molecule has 0 aliphatic rings. The Kier molecular flexibility index (Phi) is 3.19. The van der Waals surface area contributed by atoms with Crippen LogP contribution in [0.1, 0.15) is 23.6 Å². The van der Waals surface area contributed by atoms with E-state index in [0.29, 0.717) is 0 Å². The molecular weight excluding hydrogens is 284 g/mol. The Morgan fingerprint density at radius 1 is 1.31 bits per heavy atom. The summed E-state index contributed by atoms with van der Waals surface area (Å²) in [6.07, 6.45) is 0. The van der Waals surface area contributed by atoms with Crippen molar-refractivity contribution in [2.45, 2.75) is 19.4 Å². The van der Waals surface area contributed by atoms with E-state index >= 15 is 0 Å². The minimum atomic E-state index is -0.940. The van der Waals surface area contributed by atoms with E-state index in [-0.39, 0.29) is 0 Å². The molecule has 3 heteroatoms. The fourth-order valence-electron chi connectivity index (χ4n) is 1.73. The van der Waals surface area contributed by atoms with Crippen LogP contribution in [0, 0.1) is 6.92 Å². The van der Waals surface area contributed by atoms with Gasteiger partial charge in [-0.1, -0.05) is 29.8 Å². The van der Waals surface area contributed by atoms with Crippen molar-refractivity contribution in [3.05, 3.63) is 56.2 Å². The molecule has 0 aliphatic heterocycles. The smallest absolute Gasteiger partial charge is 0.114 e. The van der Waals surface area contributed by atoms with E-state index in [1.165, 1.54) is 0 Å². The molecule has 1 aromatic heterocycles. The lowest BCUT2D eigenvalue weighted by molar-refractivity contribution is 0.102. The molecule has 0 fully saturated rings. The van der Waals surface area contributed by atoms with E-state index < -0.39 is 5.60 Å². The van der Waals surface area contributed by atoms with Gasteiger partial charge < -0.3 is 5.11 Å². The predicted octanol–water partition coefficient (Wildman–Crippen LogP) is 4.07. The summed E-state index contributed by atoms with van der Waals surface area (Å²) in [5.74, 6) is 0. The zero-order chi connectivity index (χ0) is 11.8. The number of aliphatic hydroxyl groups is 1. The molecule has 0 bridgehead atoms. The van der Waals surface area contributed by atoms with E-state index in [9.17, 15) is 5.11 Å². The zero-order valence-electron chi connectivity index (χ0n) is 9.20. The van der Waals surface area contributed by atoms with Gasteiger partial charge in [-0.05, 0) is 40.7 Å². The lowest BCUT2D eigenvalue weighted by Crippen LogP contribution is -2.22. The fourth-order valence-corrected chi connectivity index (χ4v) is 3.51.